The standard InChI is InChI=1S/C23H31FN6O2/c1-28-11-8-18(9-12-28)23-26-22(32-27-23)7-6-21(31)25-10-13-29-14-16-30(17-15-29)20-5-3-2-4-19(20)24/h2-5,8H,6-7,9-17H2,1H3,(H,25,31). The molecule has 32 heavy (non-hydrogen) atoms. The summed E-state index contributed by atoms with van der Waals surface area (Å²) < 4.78 is 19.3. The van der Waals surface area contributed by atoms with Gasteiger partial charge in [-0.25, -0.2) is 4.39 Å². The van der Waals surface area contributed by atoms with Crippen molar-refractivity contribution in [2.24, 2.45) is 0 Å². The van der Waals surface area contributed by atoms with Crippen LogP contribution in [0.1, 0.15) is 24.6 Å². The van der Waals surface area contributed by atoms with Gasteiger partial charge in [0.25, 0.3) is 0 Å². The zero-order valence-corrected chi connectivity index (χ0v) is 18.6. The summed E-state index contributed by atoms with van der Waals surface area (Å²) in [5.41, 5.74) is 1.77. The predicted molar refractivity (Wildman–Crippen MR) is 121 cm³/mol. The minimum absolute atomic E-state index is 0.0201. The van der Waals surface area contributed by atoms with Crippen molar-refractivity contribution in [1.82, 2.24) is 25.3 Å². The van der Waals surface area contributed by atoms with Crippen molar-refractivity contribution in [2.45, 2.75) is 19.3 Å². The number of nitrogens with one attached hydrogen (secondary N) is 1. The number of aryl methyl sites for hydroxylation is 1. The number of aromatic nitrogens is 2. The lowest BCUT2D eigenvalue weighted by Gasteiger charge is -2.36. The third-order valence-corrected chi connectivity index (χ3v) is 6.05. The van der Waals surface area contributed by atoms with E-state index in [1.165, 1.54) is 6.07 Å². The van der Waals surface area contributed by atoms with Gasteiger partial charge >= 0.3 is 0 Å². The average Bonchev–Trinajstić information content (AvgIpc) is 3.28. The minimum Gasteiger partial charge on any atom is -0.367 e. The summed E-state index contributed by atoms with van der Waals surface area (Å²) in [5, 5.41) is 7.03. The Morgan fingerprint density at radius 3 is 2.75 bits per heavy atom. The van der Waals surface area contributed by atoms with Gasteiger partial charge in [-0.3, -0.25) is 9.69 Å². The molecule has 1 fully saturated rings. The first-order valence-corrected chi connectivity index (χ1v) is 11.3. The van der Waals surface area contributed by atoms with E-state index in [1.807, 2.05) is 12.1 Å². The van der Waals surface area contributed by atoms with Gasteiger partial charge in [-0.2, -0.15) is 4.98 Å². The highest BCUT2D eigenvalue weighted by Crippen LogP contribution is 2.20. The predicted octanol–water partition coefficient (Wildman–Crippen LogP) is 1.80. The molecule has 0 unspecified atom stereocenters. The van der Waals surface area contributed by atoms with Gasteiger partial charge in [0.05, 0.1) is 5.69 Å². The number of carbonyl (C=O) groups is 1. The van der Waals surface area contributed by atoms with Gasteiger partial charge in [-0.1, -0.05) is 23.4 Å². The molecule has 3 heterocycles. The lowest BCUT2D eigenvalue weighted by atomic mass is 10.1. The summed E-state index contributed by atoms with van der Waals surface area (Å²) >= 11 is 0. The van der Waals surface area contributed by atoms with E-state index in [0.29, 0.717) is 36.8 Å². The minimum atomic E-state index is -0.176. The van der Waals surface area contributed by atoms with E-state index >= 15 is 0 Å². The highest BCUT2D eigenvalue weighted by Gasteiger charge is 2.19. The smallest absolute Gasteiger partial charge is 0.227 e. The molecule has 2 aliphatic heterocycles. The Morgan fingerprint density at radius 1 is 1.19 bits per heavy atom. The van der Waals surface area contributed by atoms with E-state index in [0.717, 1.165) is 57.8 Å². The lowest BCUT2D eigenvalue weighted by molar-refractivity contribution is -0.121. The second-order valence-corrected chi connectivity index (χ2v) is 8.38. The quantitative estimate of drug-likeness (QED) is 0.668. The maximum Gasteiger partial charge on any atom is 0.227 e. The molecule has 1 saturated heterocycles. The number of likely N-dealkylation sites (N-methyl/N-ethyl adjacent to an activating group) is 1. The van der Waals surface area contributed by atoms with Gasteiger partial charge in [0.2, 0.25) is 11.8 Å². The third-order valence-electron chi connectivity index (χ3n) is 6.05. The zero-order chi connectivity index (χ0) is 22.3. The lowest BCUT2D eigenvalue weighted by Crippen LogP contribution is -2.48. The van der Waals surface area contributed by atoms with Crippen LogP contribution >= 0.6 is 0 Å². The topological polar surface area (TPSA) is 77.7 Å². The molecule has 2 aromatic rings. The van der Waals surface area contributed by atoms with Crippen molar-refractivity contribution in [3.63, 3.8) is 0 Å². The number of hydrogen-bond acceptors (Lipinski definition) is 7. The Balaban J connectivity index is 1.13. The second kappa shape index (κ2) is 10.7. The van der Waals surface area contributed by atoms with Gasteiger partial charge in [0, 0.05) is 65.2 Å². The summed E-state index contributed by atoms with van der Waals surface area (Å²) in [4.78, 5) is 23.2. The van der Waals surface area contributed by atoms with Crippen LogP contribution in [0, 0.1) is 5.82 Å². The van der Waals surface area contributed by atoms with Crippen molar-refractivity contribution >= 4 is 17.2 Å². The van der Waals surface area contributed by atoms with Gasteiger partial charge in [-0.15, -0.1) is 0 Å². The highest BCUT2D eigenvalue weighted by atomic mass is 19.1. The molecule has 0 saturated carbocycles. The molecule has 0 spiro atoms. The highest BCUT2D eigenvalue weighted by molar-refractivity contribution is 5.76. The Labute approximate surface area is 188 Å². The fraction of sp³-hybridized carbons (Fsp3) is 0.522. The molecule has 2 aliphatic rings. The number of piperazine rings is 1. The molecule has 1 N–H and O–H groups in total. The van der Waals surface area contributed by atoms with Gasteiger partial charge in [0.1, 0.15) is 5.82 Å². The number of benzene rings is 1. The molecule has 172 valence electrons. The second-order valence-electron chi connectivity index (χ2n) is 8.38. The van der Waals surface area contributed by atoms with E-state index < -0.39 is 0 Å². The Bertz CT molecular complexity index is 938. The Morgan fingerprint density at radius 2 is 2.00 bits per heavy atom. The summed E-state index contributed by atoms with van der Waals surface area (Å²) in [6.07, 6.45) is 3.79. The number of anilines is 1. The summed E-state index contributed by atoms with van der Waals surface area (Å²) in [5.74, 6) is 0.945. The summed E-state index contributed by atoms with van der Waals surface area (Å²) in [6, 6.07) is 6.89. The van der Waals surface area contributed by atoms with E-state index in [-0.39, 0.29) is 11.7 Å². The summed E-state index contributed by atoms with van der Waals surface area (Å²) in [6.45, 7) is 6.50. The van der Waals surface area contributed by atoms with Crippen molar-refractivity contribution in [1.29, 1.82) is 0 Å². The summed E-state index contributed by atoms with van der Waals surface area (Å²) in [7, 11) is 2.08. The average molecular weight is 443 g/mol. The Hall–Kier alpha value is -2.78. The fourth-order valence-electron chi connectivity index (χ4n) is 4.04. The molecule has 0 atom stereocenters. The largest absolute Gasteiger partial charge is 0.367 e. The Kier molecular flexibility index (Phi) is 7.49. The maximum atomic E-state index is 13.9. The number of para-hydroxylation sites is 1. The normalized spacial score (nSPS) is 17.9. The van der Waals surface area contributed by atoms with E-state index in [4.69, 9.17) is 4.52 Å². The number of nitrogens with zero attached hydrogens (tertiary/aromatic N) is 5. The van der Waals surface area contributed by atoms with Crippen molar-refractivity contribution < 1.29 is 13.7 Å². The van der Waals surface area contributed by atoms with Crippen LogP contribution in [0.25, 0.3) is 5.57 Å². The van der Waals surface area contributed by atoms with Crippen molar-refractivity contribution in [3.8, 4) is 0 Å². The SMILES string of the molecule is CN1CC=C(c2noc(CCC(=O)NCCN3CCN(c4ccccc4F)CC3)n2)CC1. The first-order valence-electron chi connectivity index (χ1n) is 11.3. The molecule has 0 radical (unpaired) electrons. The zero-order valence-electron chi connectivity index (χ0n) is 18.6. The van der Waals surface area contributed by atoms with Crippen molar-refractivity contribution in [2.75, 3.05) is 64.3 Å². The molecule has 9 heteroatoms. The molecule has 8 nitrogen and oxygen atoms in total. The number of halogens is 1. The molecule has 0 aliphatic carbocycles. The first-order chi connectivity index (χ1) is 15.6. The van der Waals surface area contributed by atoms with Gasteiger partial charge in [-0.05, 0) is 31.2 Å². The van der Waals surface area contributed by atoms with Crippen LogP contribution in [0.3, 0.4) is 0 Å². The van der Waals surface area contributed by atoms with Crippen LogP contribution in [0.2, 0.25) is 0 Å². The van der Waals surface area contributed by atoms with Gasteiger partial charge in [0.15, 0.2) is 5.82 Å². The molecule has 0 bridgehead atoms. The number of rotatable bonds is 8. The van der Waals surface area contributed by atoms with Crippen LogP contribution in [0.5, 0.6) is 0 Å². The third kappa shape index (κ3) is 5.92. The fourth-order valence-corrected chi connectivity index (χ4v) is 4.04. The van der Waals surface area contributed by atoms with Crippen LogP contribution in [0.4, 0.5) is 10.1 Å². The van der Waals surface area contributed by atoms with Crippen LogP contribution in [-0.4, -0.2) is 85.3 Å². The van der Waals surface area contributed by atoms with E-state index in [9.17, 15) is 9.18 Å². The molecule has 1 amide bonds. The number of amides is 1. The van der Waals surface area contributed by atoms with Crippen LogP contribution in [0.15, 0.2) is 34.9 Å². The molecular weight excluding hydrogens is 411 g/mol. The molecule has 1 aromatic carbocycles. The first kappa shape index (κ1) is 22.4. The van der Waals surface area contributed by atoms with E-state index in [1.54, 1.807) is 6.07 Å². The van der Waals surface area contributed by atoms with E-state index in [2.05, 4.69) is 43.3 Å². The molecule has 4 rings (SSSR count). The van der Waals surface area contributed by atoms with Crippen molar-refractivity contribution in [3.05, 3.63) is 47.9 Å². The van der Waals surface area contributed by atoms with Gasteiger partial charge < -0.3 is 19.6 Å². The molecule has 1 aromatic heterocycles. The van der Waals surface area contributed by atoms with Crippen LogP contribution in [-0.2, 0) is 11.2 Å². The monoisotopic (exact) mass is 442 g/mol. The van der Waals surface area contributed by atoms with Crippen LogP contribution < -0.4 is 10.2 Å². The maximum absolute atomic E-state index is 13.9. The number of hydrogen-bond donors (Lipinski definition) is 1. The molecular formula is C23H31FN6O2. The number of carbonyl (C=O) groups excluding carboxylic acids is 1.